The summed E-state index contributed by atoms with van der Waals surface area (Å²) in [5.41, 5.74) is 0.471. The lowest BCUT2D eigenvalue weighted by atomic mass is 9.93. The minimum atomic E-state index is -0.194. The molecule has 0 atom stereocenters. The normalized spacial score (nSPS) is 20.8. The molecule has 0 heterocycles. The zero-order valence-corrected chi connectivity index (χ0v) is 15.4. The molecule has 7 heteroatoms. The predicted octanol–water partition coefficient (Wildman–Crippen LogP) is 1.93. The van der Waals surface area contributed by atoms with Gasteiger partial charge in [0.25, 0.3) is 5.91 Å². The molecule has 1 amide bonds. The van der Waals surface area contributed by atoms with Crippen molar-refractivity contribution in [2.24, 2.45) is 4.99 Å². The number of guanidine groups is 1. The molecule has 25 heavy (non-hydrogen) atoms. The van der Waals surface area contributed by atoms with Gasteiger partial charge in [-0.15, -0.1) is 0 Å². The minimum absolute atomic E-state index is 0.169. The van der Waals surface area contributed by atoms with Gasteiger partial charge in [0.15, 0.2) is 5.96 Å². The lowest BCUT2D eigenvalue weighted by Crippen LogP contribution is -2.45. The number of amides is 1. The van der Waals surface area contributed by atoms with Gasteiger partial charge in [0.2, 0.25) is 0 Å². The predicted molar refractivity (Wildman–Crippen MR) is 101 cm³/mol. The summed E-state index contributed by atoms with van der Waals surface area (Å²) < 4.78 is 0. The summed E-state index contributed by atoms with van der Waals surface area (Å²) in [6.45, 7) is 3.69. The average molecular weight is 367 g/mol. The number of hydrogen-bond donors (Lipinski definition) is 4. The van der Waals surface area contributed by atoms with Crippen molar-refractivity contribution >= 4 is 23.5 Å². The van der Waals surface area contributed by atoms with Gasteiger partial charge in [-0.3, -0.25) is 9.79 Å². The van der Waals surface area contributed by atoms with Gasteiger partial charge in [-0.25, -0.2) is 0 Å². The maximum Gasteiger partial charge on any atom is 0.252 e. The Labute approximate surface area is 154 Å². The number of nitrogens with zero attached hydrogens (tertiary/aromatic N) is 1. The lowest BCUT2D eigenvalue weighted by molar-refractivity contribution is 0.0955. The summed E-state index contributed by atoms with van der Waals surface area (Å²) in [5, 5.41) is 19.5. The number of carbonyl (C=O) groups is 1. The number of carbonyl (C=O) groups excluding carboxylic acids is 1. The monoisotopic (exact) mass is 366 g/mol. The van der Waals surface area contributed by atoms with Crippen molar-refractivity contribution in [3.05, 3.63) is 34.9 Å². The van der Waals surface area contributed by atoms with Gasteiger partial charge in [0, 0.05) is 19.1 Å². The zero-order chi connectivity index (χ0) is 18.1. The van der Waals surface area contributed by atoms with Crippen LogP contribution in [0.1, 0.15) is 43.0 Å². The second-order valence-corrected chi connectivity index (χ2v) is 6.55. The van der Waals surface area contributed by atoms with Gasteiger partial charge in [-0.1, -0.05) is 23.7 Å². The molecule has 0 bridgehead atoms. The van der Waals surface area contributed by atoms with Crippen LogP contribution >= 0.6 is 11.6 Å². The molecule has 0 unspecified atom stereocenters. The van der Waals surface area contributed by atoms with Crippen LogP contribution in [0.2, 0.25) is 5.02 Å². The van der Waals surface area contributed by atoms with E-state index in [9.17, 15) is 9.90 Å². The van der Waals surface area contributed by atoms with Crippen LogP contribution in [0.25, 0.3) is 0 Å². The van der Waals surface area contributed by atoms with E-state index in [2.05, 4.69) is 20.9 Å². The number of hydrogen-bond acceptors (Lipinski definition) is 3. The van der Waals surface area contributed by atoms with Crippen LogP contribution in [0.3, 0.4) is 0 Å². The smallest absolute Gasteiger partial charge is 0.252 e. The molecule has 4 N–H and O–H groups in total. The van der Waals surface area contributed by atoms with Gasteiger partial charge in [0.1, 0.15) is 0 Å². The largest absolute Gasteiger partial charge is 0.393 e. The third-order valence-corrected chi connectivity index (χ3v) is 4.50. The Morgan fingerprint density at radius 3 is 2.64 bits per heavy atom. The molecule has 0 aromatic heterocycles. The van der Waals surface area contributed by atoms with E-state index in [4.69, 9.17) is 11.6 Å². The molecule has 0 radical (unpaired) electrons. The maximum absolute atomic E-state index is 12.1. The van der Waals surface area contributed by atoms with Crippen molar-refractivity contribution in [2.75, 3.05) is 19.6 Å². The van der Waals surface area contributed by atoms with Crippen LogP contribution in [0.5, 0.6) is 0 Å². The molecule has 0 saturated heterocycles. The molecule has 1 fully saturated rings. The molecule has 1 aromatic carbocycles. The summed E-state index contributed by atoms with van der Waals surface area (Å²) in [6, 6.07) is 7.31. The van der Waals surface area contributed by atoms with Crippen molar-refractivity contribution in [1.82, 2.24) is 16.0 Å². The quantitative estimate of drug-likeness (QED) is 0.352. The van der Waals surface area contributed by atoms with Crippen LogP contribution < -0.4 is 16.0 Å². The molecular formula is C18H27ClN4O2. The zero-order valence-electron chi connectivity index (χ0n) is 14.6. The molecule has 0 spiro atoms. The van der Waals surface area contributed by atoms with E-state index in [1.54, 1.807) is 24.3 Å². The summed E-state index contributed by atoms with van der Waals surface area (Å²) in [4.78, 5) is 16.6. The second kappa shape index (κ2) is 10.3. The van der Waals surface area contributed by atoms with E-state index < -0.39 is 0 Å². The highest BCUT2D eigenvalue weighted by Gasteiger charge is 2.19. The van der Waals surface area contributed by atoms with Crippen LogP contribution in [-0.4, -0.2) is 48.8 Å². The summed E-state index contributed by atoms with van der Waals surface area (Å²) >= 11 is 6.02. The summed E-state index contributed by atoms with van der Waals surface area (Å²) in [7, 11) is 0. The Morgan fingerprint density at radius 1 is 1.24 bits per heavy atom. The van der Waals surface area contributed by atoms with Crippen LogP contribution in [0, 0.1) is 0 Å². The Balaban J connectivity index is 1.79. The molecule has 1 aromatic rings. The number of rotatable bonds is 6. The van der Waals surface area contributed by atoms with Crippen LogP contribution in [0.15, 0.2) is 29.3 Å². The average Bonchev–Trinajstić information content (AvgIpc) is 2.61. The molecule has 1 aliphatic rings. The van der Waals surface area contributed by atoms with Crippen molar-refractivity contribution < 1.29 is 9.90 Å². The highest BCUT2D eigenvalue weighted by Crippen LogP contribution is 2.18. The summed E-state index contributed by atoms with van der Waals surface area (Å²) in [6.07, 6.45) is 3.36. The fourth-order valence-electron chi connectivity index (χ4n) is 2.81. The van der Waals surface area contributed by atoms with E-state index >= 15 is 0 Å². The van der Waals surface area contributed by atoms with Gasteiger partial charge in [-0.2, -0.15) is 0 Å². The number of aliphatic hydroxyl groups is 1. The lowest BCUT2D eigenvalue weighted by Gasteiger charge is -2.27. The van der Waals surface area contributed by atoms with E-state index in [-0.39, 0.29) is 12.0 Å². The van der Waals surface area contributed by atoms with Crippen molar-refractivity contribution in [3.63, 3.8) is 0 Å². The summed E-state index contributed by atoms with van der Waals surface area (Å²) in [5.74, 6) is 0.552. The fourth-order valence-corrected chi connectivity index (χ4v) is 3.03. The number of aliphatic hydroxyl groups excluding tert-OH is 1. The topological polar surface area (TPSA) is 85.8 Å². The first-order valence-corrected chi connectivity index (χ1v) is 9.23. The van der Waals surface area contributed by atoms with Crippen molar-refractivity contribution in [3.8, 4) is 0 Å². The first-order valence-electron chi connectivity index (χ1n) is 8.85. The van der Waals surface area contributed by atoms with E-state index in [0.29, 0.717) is 29.7 Å². The molecule has 1 saturated carbocycles. The van der Waals surface area contributed by atoms with Gasteiger partial charge >= 0.3 is 0 Å². The molecule has 6 nitrogen and oxygen atoms in total. The molecule has 1 aliphatic carbocycles. The third kappa shape index (κ3) is 6.55. The SMILES string of the molecule is CCNC(=NCCNC(=O)c1ccccc1Cl)NC1CCC(O)CC1. The van der Waals surface area contributed by atoms with E-state index in [1.165, 1.54) is 0 Å². The van der Waals surface area contributed by atoms with Crippen LogP contribution in [0.4, 0.5) is 0 Å². The Hall–Kier alpha value is -1.79. The highest BCUT2D eigenvalue weighted by molar-refractivity contribution is 6.33. The van der Waals surface area contributed by atoms with Crippen molar-refractivity contribution in [1.29, 1.82) is 0 Å². The Kier molecular flexibility index (Phi) is 8.01. The first kappa shape index (κ1) is 19.5. The number of nitrogens with one attached hydrogen (secondary N) is 3. The van der Waals surface area contributed by atoms with E-state index in [0.717, 1.165) is 38.2 Å². The van der Waals surface area contributed by atoms with Crippen LogP contribution in [-0.2, 0) is 0 Å². The first-order chi connectivity index (χ1) is 12.1. The Bertz CT molecular complexity index is 586. The van der Waals surface area contributed by atoms with E-state index in [1.807, 2.05) is 6.92 Å². The Morgan fingerprint density at radius 2 is 1.96 bits per heavy atom. The van der Waals surface area contributed by atoms with Crippen molar-refractivity contribution in [2.45, 2.75) is 44.8 Å². The number of aliphatic imine (C=N–C) groups is 1. The fraction of sp³-hybridized carbons (Fsp3) is 0.556. The molecule has 2 rings (SSSR count). The number of halogens is 1. The highest BCUT2D eigenvalue weighted by atomic mass is 35.5. The molecule has 138 valence electrons. The maximum atomic E-state index is 12.1. The van der Waals surface area contributed by atoms with Gasteiger partial charge in [-0.05, 0) is 44.7 Å². The third-order valence-electron chi connectivity index (χ3n) is 4.17. The second-order valence-electron chi connectivity index (χ2n) is 6.15. The molecule has 0 aliphatic heterocycles. The number of benzene rings is 1. The molecular weight excluding hydrogens is 340 g/mol. The van der Waals surface area contributed by atoms with Gasteiger partial charge in [0.05, 0.1) is 23.2 Å². The standard InChI is InChI=1S/C18H27ClN4O2/c1-2-20-18(23-13-7-9-14(24)10-8-13)22-12-11-21-17(25)15-5-3-4-6-16(15)19/h3-6,13-14,24H,2,7-12H2,1H3,(H,21,25)(H2,20,22,23). The van der Waals surface area contributed by atoms with Gasteiger partial charge < -0.3 is 21.1 Å². The minimum Gasteiger partial charge on any atom is -0.393 e.